The van der Waals surface area contributed by atoms with Gasteiger partial charge in [0.2, 0.25) is 0 Å². The second-order valence-corrected chi connectivity index (χ2v) is 9.77. The average Bonchev–Trinajstić information content (AvgIpc) is 3.36. The Labute approximate surface area is 211 Å². The van der Waals surface area contributed by atoms with E-state index in [0.29, 0.717) is 16.6 Å². The first-order valence-corrected chi connectivity index (χ1v) is 13.0. The molecule has 6 rings (SSSR count). The molecule has 7 nitrogen and oxygen atoms in total. The minimum absolute atomic E-state index is 0.464. The van der Waals surface area contributed by atoms with Crippen LogP contribution in [-0.2, 0) is 0 Å². The molecule has 1 saturated carbocycles. The second kappa shape index (κ2) is 10.1. The zero-order valence-corrected chi connectivity index (χ0v) is 20.4. The van der Waals surface area contributed by atoms with Crippen molar-refractivity contribution >= 4 is 22.7 Å². The van der Waals surface area contributed by atoms with Crippen molar-refractivity contribution in [3.8, 4) is 11.1 Å². The summed E-state index contributed by atoms with van der Waals surface area (Å²) in [6.45, 7) is 4.50. The zero-order valence-electron chi connectivity index (χ0n) is 20.4. The van der Waals surface area contributed by atoms with Crippen molar-refractivity contribution in [1.29, 1.82) is 0 Å². The topological polar surface area (TPSA) is 63.5 Å². The zero-order chi connectivity index (χ0) is 24.3. The van der Waals surface area contributed by atoms with E-state index in [2.05, 4.69) is 44.4 Å². The van der Waals surface area contributed by atoms with Gasteiger partial charge in [0, 0.05) is 37.9 Å². The van der Waals surface area contributed by atoms with Crippen LogP contribution >= 0.6 is 0 Å². The highest BCUT2D eigenvalue weighted by Crippen LogP contribution is 2.27. The number of rotatable bonds is 5. The number of nitrogens with zero attached hydrogens (tertiary/aromatic N) is 5. The Morgan fingerprint density at radius 3 is 2.17 bits per heavy atom. The van der Waals surface area contributed by atoms with E-state index >= 15 is 0 Å². The standard InChI is InChI=1S/C29H31N5O2/c35-29(36-34-28-9-5-4-8-27(28)30-31-34)24-12-10-22(11-13-24)23-14-16-26(17-15-23)33-20-18-32(19-21-33)25-6-2-1-3-7-25/h4-5,8-17,25H,1-3,6-7,18-21H2. The van der Waals surface area contributed by atoms with Crippen LogP contribution in [0, 0.1) is 0 Å². The molecule has 1 aromatic heterocycles. The summed E-state index contributed by atoms with van der Waals surface area (Å²) in [4.78, 5) is 24.4. The third-order valence-electron chi connectivity index (χ3n) is 7.58. The van der Waals surface area contributed by atoms with Crippen LogP contribution in [0.15, 0.2) is 72.8 Å². The largest absolute Gasteiger partial charge is 0.369 e. The van der Waals surface area contributed by atoms with Gasteiger partial charge in [-0.3, -0.25) is 4.90 Å². The third kappa shape index (κ3) is 4.71. The smallest absolute Gasteiger partial charge is 0.365 e. The molecule has 0 atom stereocenters. The van der Waals surface area contributed by atoms with E-state index in [4.69, 9.17) is 4.84 Å². The van der Waals surface area contributed by atoms with Crippen LogP contribution in [0.5, 0.6) is 0 Å². The van der Waals surface area contributed by atoms with E-state index < -0.39 is 5.97 Å². The van der Waals surface area contributed by atoms with Crippen molar-refractivity contribution in [2.75, 3.05) is 31.1 Å². The number of hydrogen-bond donors (Lipinski definition) is 0. The van der Waals surface area contributed by atoms with Gasteiger partial charge in [0.15, 0.2) is 0 Å². The number of piperazine rings is 1. The van der Waals surface area contributed by atoms with Crippen LogP contribution in [0.1, 0.15) is 42.5 Å². The predicted molar refractivity (Wildman–Crippen MR) is 141 cm³/mol. The minimum Gasteiger partial charge on any atom is -0.369 e. The SMILES string of the molecule is O=C(On1nnc2ccccc21)c1ccc(-c2ccc(N3CCN(C4CCCCC4)CC3)cc2)cc1. The molecule has 0 N–H and O–H groups in total. The summed E-state index contributed by atoms with van der Waals surface area (Å²) in [5.41, 5.74) is 5.26. The maximum absolute atomic E-state index is 12.6. The summed E-state index contributed by atoms with van der Waals surface area (Å²) < 4.78 is 0. The molecule has 0 bridgehead atoms. The van der Waals surface area contributed by atoms with E-state index in [-0.39, 0.29) is 0 Å². The van der Waals surface area contributed by atoms with Gasteiger partial charge in [0.1, 0.15) is 11.0 Å². The summed E-state index contributed by atoms with van der Waals surface area (Å²) in [6, 6.07) is 24.4. The first kappa shape index (κ1) is 22.7. The molecule has 3 aromatic carbocycles. The second-order valence-electron chi connectivity index (χ2n) is 9.77. The van der Waals surface area contributed by atoms with Gasteiger partial charge in [-0.05, 0) is 65.6 Å². The molecule has 4 aromatic rings. The molecular weight excluding hydrogens is 450 g/mol. The van der Waals surface area contributed by atoms with Crippen molar-refractivity contribution in [2.45, 2.75) is 38.1 Å². The van der Waals surface area contributed by atoms with Gasteiger partial charge in [0.25, 0.3) is 0 Å². The van der Waals surface area contributed by atoms with Crippen molar-refractivity contribution in [3.63, 3.8) is 0 Å². The Morgan fingerprint density at radius 2 is 1.44 bits per heavy atom. The van der Waals surface area contributed by atoms with Gasteiger partial charge in [-0.15, -0.1) is 5.10 Å². The average molecular weight is 482 g/mol. The number of carbonyl (C=O) groups is 1. The molecule has 2 heterocycles. The van der Waals surface area contributed by atoms with E-state index in [1.165, 1.54) is 42.6 Å². The van der Waals surface area contributed by atoms with Crippen LogP contribution in [-0.4, -0.2) is 58.2 Å². The normalized spacial score (nSPS) is 17.4. The molecular formula is C29H31N5O2. The lowest BCUT2D eigenvalue weighted by Gasteiger charge is -2.41. The summed E-state index contributed by atoms with van der Waals surface area (Å²) >= 11 is 0. The summed E-state index contributed by atoms with van der Waals surface area (Å²) in [7, 11) is 0. The molecule has 1 saturated heterocycles. The Hall–Kier alpha value is -3.71. The van der Waals surface area contributed by atoms with Crippen LogP contribution < -0.4 is 9.74 Å². The van der Waals surface area contributed by atoms with Crippen LogP contribution in [0.2, 0.25) is 0 Å². The Kier molecular flexibility index (Phi) is 6.38. The molecule has 0 radical (unpaired) electrons. The molecule has 184 valence electrons. The Morgan fingerprint density at radius 1 is 0.778 bits per heavy atom. The lowest BCUT2D eigenvalue weighted by Crippen LogP contribution is -2.50. The number of carbonyl (C=O) groups excluding carboxylic acids is 1. The van der Waals surface area contributed by atoms with Crippen LogP contribution in [0.3, 0.4) is 0 Å². The highest BCUT2D eigenvalue weighted by molar-refractivity contribution is 5.90. The molecule has 2 fully saturated rings. The van der Waals surface area contributed by atoms with Gasteiger partial charge in [-0.2, -0.15) is 0 Å². The van der Waals surface area contributed by atoms with E-state index in [1.54, 1.807) is 12.1 Å². The fourth-order valence-corrected chi connectivity index (χ4v) is 5.50. The Bertz CT molecular complexity index is 1320. The first-order chi connectivity index (χ1) is 17.7. The number of benzene rings is 3. The van der Waals surface area contributed by atoms with Gasteiger partial charge >= 0.3 is 5.97 Å². The van der Waals surface area contributed by atoms with Crippen molar-refractivity contribution in [1.82, 2.24) is 20.1 Å². The number of aromatic nitrogens is 3. The molecule has 1 aliphatic carbocycles. The fraction of sp³-hybridized carbons (Fsp3) is 0.345. The van der Waals surface area contributed by atoms with E-state index in [1.807, 2.05) is 36.4 Å². The van der Waals surface area contributed by atoms with Gasteiger partial charge in [-0.25, -0.2) is 4.79 Å². The van der Waals surface area contributed by atoms with Gasteiger partial charge < -0.3 is 9.74 Å². The molecule has 1 aliphatic heterocycles. The molecule has 2 aliphatic rings. The lowest BCUT2D eigenvalue weighted by molar-refractivity contribution is 0.0409. The van der Waals surface area contributed by atoms with Crippen molar-refractivity contribution in [3.05, 3.63) is 78.4 Å². The molecule has 0 spiro atoms. The first-order valence-electron chi connectivity index (χ1n) is 13.0. The maximum Gasteiger partial charge on any atom is 0.365 e. The Balaban J connectivity index is 1.07. The third-order valence-corrected chi connectivity index (χ3v) is 7.58. The summed E-state index contributed by atoms with van der Waals surface area (Å²) in [6.07, 6.45) is 6.96. The number of para-hydroxylation sites is 1. The number of hydrogen-bond acceptors (Lipinski definition) is 6. The monoisotopic (exact) mass is 481 g/mol. The quantitative estimate of drug-likeness (QED) is 0.381. The van der Waals surface area contributed by atoms with Gasteiger partial charge in [-0.1, -0.05) is 60.5 Å². The summed E-state index contributed by atoms with van der Waals surface area (Å²) in [5, 5.41) is 7.93. The summed E-state index contributed by atoms with van der Waals surface area (Å²) in [5.74, 6) is -0.472. The minimum atomic E-state index is -0.472. The number of anilines is 1. The number of fused-ring (bicyclic) bond motifs is 1. The molecule has 0 unspecified atom stereocenters. The van der Waals surface area contributed by atoms with Crippen molar-refractivity contribution in [2.24, 2.45) is 0 Å². The van der Waals surface area contributed by atoms with Crippen LogP contribution in [0.25, 0.3) is 22.2 Å². The molecule has 7 heteroatoms. The highest BCUT2D eigenvalue weighted by Gasteiger charge is 2.25. The van der Waals surface area contributed by atoms with Crippen molar-refractivity contribution < 1.29 is 9.63 Å². The molecule has 36 heavy (non-hydrogen) atoms. The predicted octanol–water partition coefficient (Wildman–Crippen LogP) is 4.82. The maximum atomic E-state index is 12.6. The molecule has 0 amide bonds. The van der Waals surface area contributed by atoms with E-state index in [9.17, 15) is 4.79 Å². The highest BCUT2D eigenvalue weighted by atomic mass is 16.7. The fourth-order valence-electron chi connectivity index (χ4n) is 5.50. The van der Waals surface area contributed by atoms with E-state index in [0.717, 1.165) is 43.3 Å². The lowest BCUT2D eigenvalue weighted by atomic mass is 9.94. The van der Waals surface area contributed by atoms with Crippen LogP contribution in [0.4, 0.5) is 5.69 Å². The van der Waals surface area contributed by atoms with Gasteiger partial charge in [0.05, 0.1) is 5.56 Å².